The monoisotopic (exact) mass is 399 g/mol. The molecule has 0 atom stereocenters. The van der Waals surface area contributed by atoms with Crippen LogP contribution in [-0.4, -0.2) is 22.2 Å². The Morgan fingerprint density at radius 2 is 2.15 bits per heavy atom. The van der Waals surface area contributed by atoms with Crippen LogP contribution in [0.5, 0.6) is 5.75 Å². The van der Waals surface area contributed by atoms with E-state index in [-0.39, 0.29) is 11.6 Å². The van der Waals surface area contributed by atoms with Gasteiger partial charge in [0.2, 0.25) is 5.82 Å². The summed E-state index contributed by atoms with van der Waals surface area (Å²) in [5.74, 6) is 1.37. The van der Waals surface area contributed by atoms with E-state index in [1.807, 2.05) is 35.7 Å². The third-order valence-electron chi connectivity index (χ3n) is 3.76. The van der Waals surface area contributed by atoms with E-state index >= 15 is 0 Å². The van der Waals surface area contributed by atoms with Crippen LogP contribution >= 0.6 is 23.1 Å². The lowest BCUT2D eigenvalue weighted by Gasteiger charge is -2.06. The van der Waals surface area contributed by atoms with Gasteiger partial charge in [-0.05, 0) is 41.3 Å². The summed E-state index contributed by atoms with van der Waals surface area (Å²) < 4.78 is 24.3. The van der Waals surface area contributed by atoms with Crippen LogP contribution in [-0.2, 0) is 5.75 Å². The molecule has 0 unspecified atom stereocenters. The van der Waals surface area contributed by atoms with Gasteiger partial charge in [-0.1, -0.05) is 17.3 Å². The number of aromatic nitrogens is 3. The van der Waals surface area contributed by atoms with E-state index in [1.165, 1.54) is 24.9 Å². The van der Waals surface area contributed by atoms with Gasteiger partial charge in [-0.25, -0.2) is 9.37 Å². The first-order valence-electron chi connectivity index (χ1n) is 8.03. The highest BCUT2D eigenvalue weighted by atomic mass is 32.2. The maximum Gasteiger partial charge on any atom is 0.261 e. The summed E-state index contributed by atoms with van der Waals surface area (Å²) in [6, 6.07) is 12.5. The molecule has 27 heavy (non-hydrogen) atoms. The molecule has 0 aliphatic carbocycles. The molecule has 3 heterocycles. The molecule has 0 saturated heterocycles. The quantitative estimate of drug-likeness (QED) is 0.410. The fourth-order valence-corrected chi connectivity index (χ4v) is 4.04. The molecule has 1 aromatic carbocycles. The van der Waals surface area contributed by atoms with E-state index in [9.17, 15) is 4.39 Å². The first kappa shape index (κ1) is 17.7. The molecule has 0 N–H and O–H groups in total. The molecule has 0 saturated carbocycles. The molecular formula is C19H14FN3O2S2. The topological polar surface area (TPSA) is 61.0 Å². The number of ether oxygens (including phenoxy) is 1. The molecule has 3 aromatic heterocycles. The van der Waals surface area contributed by atoms with Crippen LogP contribution in [0.1, 0.15) is 5.56 Å². The first-order chi connectivity index (χ1) is 13.2. The molecule has 8 heteroatoms. The third kappa shape index (κ3) is 3.86. The number of rotatable bonds is 6. The summed E-state index contributed by atoms with van der Waals surface area (Å²) in [4.78, 5) is 9.84. The molecule has 136 valence electrons. The highest BCUT2D eigenvalue weighted by Crippen LogP contribution is 2.33. The Morgan fingerprint density at radius 1 is 1.22 bits per heavy atom. The minimum atomic E-state index is -0.380. The Labute approximate surface area is 163 Å². The largest absolute Gasteiger partial charge is 0.494 e. The molecule has 0 spiro atoms. The van der Waals surface area contributed by atoms with Crippen molar-refractivity contribution in [1.29, 1.82) is 0 Å². The summed E-state index contributed by atoms with van der Waals surface area (Å²) >= 11 is 3.03. The molecular weight excluding hydrogens is 385 g/mol. The van der Waals surface area contributed by atoms with Gasteiger partial charge in [0.25, 0.3) is 5.89 Å². The van der Waals surface area contributed by atoms with Crippen molar-refractivity contribution < 1.29 is 13.7 Å². The standard InChI is InChI=1S/C19H14FN3O2S2/c1-24-15-7-6-12(10-14(15)20)11-27-19-13(4-2-8-21-19)18-22-17(23-25-18)16-5-3-9-26-16/h2-10H,11H2,1H3. The Hall–Kier alpha value is -2.71. The Morgan fingerprint density at radius 3 is 2.93 bits per heavy atom. The molecule has 0 bridgehead atoms. The lowest BCUT2D eigenvalue weighted by Crippen LogP contribution is -1.91. The summed E-state index contributed by atoms with van der Waals surface area (Å²) in [5, 5.41) is 6.76. The zero-order valence-corrected chi connectivity index (χ0v) is 15.9. The minimum Gasteiger partial charge on any atom is -0.494 e. The van der Waals surface area contributed by atoms with Crippen molar-refractivity contribution in [3.63, 3.8) is 0 Å². The fourth-order valence-electron chi connectivity index (χ4n) is 2.46. The minimum absolute atomic E-state index is 0.231. The fraction of sp³-hybridized carbons (Fsp3) is 0.105. The predicted octanol–water partition coefficient (Wildman–Crippen LogP) is 5.30. The number of methoxy groups -OCH3 is 1. The molecule has 4 rings (SSSR count). The van der Waals surface area contributed by atoms with Gasteiger partial charge in [-0.15, -0.1) is 23.1 Å². The van der Waals surface area contributed by atoms with Crippen LogP contribution in [0, 0.1) is 5.82 Å². The number of hydrogen-bond donors (Lipinski definition) is 0. The number of thioether (sulfide) groups is 1. The maximum atomic E-state index is 13.9. The highest BCUT2D eigenvalue weighted by molar-refractivity contribution is 7.98. The normalized spacial score (nSPS) is 10.9. The number of hydrogen-bond acceptors (Lipinski definition) is 7. The van der Waals surface area contributed by atoms with Crippen molar-refractivity contribution in [1.82, 2.24) is 15.1 Å². The first-order valence-corrected chi connectivity index (χ1v) is 9.89. The third-order valence-corrected chi connectivity index (χ3v) is 5.70. The van der Waals surface area contributed by atoms with Crippen molar-refractivity contribution >= 4 is 23.1 Å². The Kier molecular flexibility index (Phi) is 5.17. The van der Waals surface area contributed by atoms with Crippen LogP contribution in [0.3, 0.4) is 0 Å². The van der Waals surface area contributed by atoms with Gasteiger partial charge < -0.3 is 9.26 Å². The highest BCUT2D eigenvalue weighted by Gasteiger charge is 2.16. The van der Waals surface area contributed by atoms with E-state index in [0.29, 0.717) is 17.5 Å². The van der Waals surface area contributed by atoms with Crippen molar-refractivity contribution in [2.45, 2.75) is 10.8 Å². The summed E-state index contributed by atoms with van der Waals surface area (Å²) in [5.41, 5.74) is 1.59. The number of nitrogens with zero attached hydrogens (tertiary/aromatic N) is 3. The maximum absolute atomic E-state index is 13.9. The van der Waals surface area contributed by atoms with Crippen LogP contribution in [0.25, 0.3) is 22.2 Å². The van der Waals surface area contributed by atoms with E-state index in [0.717, 1.165) is 21.0 Å². The zero-order valence-electron chi connectivity index (χ0n) is 14.3. The number of pyridine rings is 1. The van der Waals surface area contributed by atoms with Gasteiger partial charge in [0, 0.05) is 11.9 Å². The van der Waals surface area contributed by atoms with E-state index in [2.05, 4.69) is 15.1 Å². The summed E-state index contributed by atoms with van der Waals surface area (Å²) in [6.07, 6.45) is 1.71. The van der Waals surface area contributed by atoms with Crippen LogP contribution in [0.4, 0.5) is 4.39 Å². The average molecular weight is 399 g/mol. The average Bonchev–Trinajstić information content (AvgIpc) is 3.38. The molecule has 4 aromatic rings. The van der Waals surface area contributed by atoms with Gasteiger partial charge in [-0.3, -0.25) is 0 Å². The van der Waals surface area contributed by atoms with Crippen LogP contribution < -0.4 is 4.74 Å². The molecule has 0 aliphatic heterocycles. The SMILES string of the molecule is COc1ccc(CSc2ncccc2-c2nc(-c3cccs3)no2)cc1F. The van der Waals surface area contributed by atoms with Gasteiger partial charge in [0.05, 0.1) is 17.6 Å². The molecule has 0 radical (unpaired) electrons. The molecule has 0 amide bonds. The summed E-state index contributed by atoms with van der Waals surface area (Å²) in [7, 11) is 1.45. The van der Waals surface area contributed by atoms with Crippen molar-refractivity contribution in [2.24, 2.45) is 0 Å². The predicted molar refractivity (Wildman–Crippen MR) is 103 cm³/mol. The lowest BCUT2D eigenvalue weighted by molar-refractivity contribution is 0.386. The van der Waals surface area contributed by atoms with Crippen LogP contribution in [0.2, 0.25) is 0 Å². The number of halogens is 1. The van der Waals surface area contributed by atoms with E-state index in [4.69, 9.17) is 9.26 Å². The van der Waals surface area contributed by atoms with Crippen molar-refractivity contribution in [3.8, 4) is 27.9 Å². The second-order valence-corrected chi connectivity index (χ2v) is 7.43. The Balaban J connectivity index is 1.56. The second-order valence-electron chi connectivity index (χ2n) is 5.51. The Bertz CT molecular complexity index is 1050. The van der Waals surface area contributed by atoms with Crippen molar-refractivity contribution in [2.75, 3.05) is 7.11 Å². The summed E-state index contributed by atoms with van der Waals surface area (Å²) in [6.45, 7) is 0. The van der Waals surface area contributed by atoms with Crippen molar-refractivity contribution in [3.05, 3.63) is 65.4 Å². The smallest absolute Gasteiger partial charge is 0.261 e. The van der Waals surface area contributed by atoms with Gasteiger partial charge in [0.1, 0.15) is 5.03 Å². The molecule has 5 nitrogen and oxygen atoms in total. The molecule has 0 fully saturated rings. The number of thiophene rings is 1. The molecule has 0 aliphatic rings. The van der Waals surface area contributed by atoms with E-state index in [1.54, 1.807) is 23.6 Å². The second kappa shape index (κ2) is 7.89. The van der Waals surface area contributed by atoms with E-state index < -0.39 is 0 Å². The van der Waals surface area contributed by atoms with Gasteiger partial charge >= 0.3 is 0 Å². The van der Waals surface area contributed by atoms with Crippen LogP contribution in [0.15, 0.2) is 63.6 Å². The van der Waals surface area contributed by atoms with Gasteiger partial charge in [0.15, 0.2) is 11.6 Å². The number of benzene rings is 1. The zero-order chi connectivity index (χ0) is 18.6. The lowest BCUT2D eigenvalue weighted by atomic mass is 10.2. The van der Waals surface area contributed by atoms with Gasteiger partial charge in [-0.2, -0.15) is 4.98 Å².